The van der Waals surface area contributed by atoms with Gasteiger partial charge in [-0.05, 0) is 43.8 Å². The highest BCUT2D eigenvalue weighted by atomic mass is 35.5. The standard InChI is InChI=1S/C25H29ClFN5O2/c1-4-6-11-32(5-2)12-7-8-24(33)31-22-14-18-21(15-23(22)34-3)28-16-29-25(18)30-17-9-10-20(27)19(26)13-17/h7-10,13-16H,4-6,11-12H2,1-3H3,(H,31,33)(H,28,29,30)/b8-7+. The van der Waals surface area contributed by atoms with Gasteiger partial charge in [0.25, 0.3) is 0 Å². The van der Waals surface area contributed by atoms with E-state index in [1.165, 1.54) is 31.6 Å². The number of nitrogens with zero attached hydrogens (tertiary/aromatic N) is 3. The van der Waals surface area contributed by atoms with Crippen molar-refractivity contribution < 1.29 is 13.9 Å². The molecule has 34 heavy (non-hydrogen) atoms. The molecule has 1 amide bonds. The van der Waals surface area contributed by atoms with Crippen molar-refractivity contribution in [2.75, 3.05) is 37.4 Å². The fourth-order valence-corrected chi connectivity index (χ4v) is 3.58. The lowest BCUT2D eigenvalue weighted by atomic mass is 10.1. The van der Waals surface area contributed by atoms with E-state index in [4.69, 9.17) is 16.3 Å². The van der Waals surface area contributed by atoms with E-state index in [1.54, 1.807) is 18.2 Å². The Labute approximate surface area is 204 Å². The molecule has 1 aromatic heterocycles. The first-order chi connectivity index (χ1) is 16.4. The van der Waals surface area contributed by atoms with Crippen molar-refractivity contribution in [3.8, 4) is 5.75 Å². The Morgan fingerprint density at radius 2 is 2.06 bits per heavy atom. The third-order valence-corrected chi connectivity index (χ3v) is 5.59. The molecule has 7 nitrogen and oxygen atoms in total. The number of ether oxygens (including phenoxy) is 1. The highest BCUT2D eigenvalue weighted by Crippen LogP contribution is 2.33. The molecule has 0 aliphatic rings. The molecule has 0 radical (unpaired) electrons. The Morgan fingerprint density at radius 3 is 2.76 bits per heavy atom. The molecule has 0 aliphatic carbocycles. The molecule has 0 spiro atoms. The summed E-state index contributed by atoms with van der Waals surface area (Å²) in [5.41, 5.74) is 1.67. The molecule has 3 rings (SSSR count). The monoisotopic (exact) mass is 485 g/mol. The molecule has 3 aromatic rings. The van der Waals surface area contributed by atoms with Crippen LogP contribution in [0.15, 0.2) is 48.8 Å². The number of anilines is 3. The van der Waals surface area contributed by atoms with Gasteiger partial charge in [-0.2, -0.15) is 0 Å². The lowest BCUT2D eigenvalue weighted by Crippen LogP contribution is -2.24. The van der Waals surface area contributed by atoms with E-state index >= 15 is 0 Å². The van der Waals surface area contributed by atoms with Gasteiger partial charge in [0.05, 0.1) is 23.3 Å². The van der Waals surface area contributed by atoms with Gasteiger partial charge in [0.1, 0.15) is 23.7 Å². The van der Waals surface area contributed by atoms with Gasteiger partial charge in [0.15, 0.2) is 0 Å². The first-order valence-electron chi connectivity index (χ1n) is 11.2. The maximum atomic E-state index is 13.5. The van der Waals surface area contributed by atoms with Gasteiger partial charge in [-0.15, -0.1) is 0 Å². The highest BCUT2D eigenvalue weighted by Gasteiger charge is 2.13. The average Bonchev–Trinajstić information content (AvgIpc) is 2.83. The van der Waals surface area contributed by atoms with Crippen molar-refractivity contribution in [2.24, 2.45) is 0 Å². The summed E-state index contributed by atoms with van der Waals surface area (Å²) >= 11 is 5.89. The molecule has 0 aliphatic heterocycles. The number of amides is 1. The maximum absolute atomic E-state index is 13.5. The molecule has 2 aromatic carbocycles. The number of fused-ring (bicyclic) bond motifs is 1. The minimum absolute atomic E-state index is 0.00102. The van der Waals surface area contributed by atoms with Crippen molar-refractivity contribution in [3.05, 3.63) is 59.7 Å². The number of halogens is 2. The van der Waals surface area contributed by atoms with Crippen LogP contribution in [0.4, 0.5) is 21.6 Å². The van der Waals surface area contributed by atoms with Crippen LogP contribution in [0.5, 0.6) is 5.75 Å². The average molecular weight is 486 g/mol. The van der Waals surface area contributed by atoms with Crippen LogP contribution in [0.25, 0.3) is 10.9 Å². The molecule has 0 atom stereocenters. The topological polar surface area (TPSA) is 79.4 Å². The number of likely N-dealkylation sites (N-methyl/N-ethyl adjacent to an activating group) is 1. The number of carbonyl (C=O) groups is 1. The second kappa shape index (κ2) is 12.3. The van der Waals surface area contributed by atoms with Crippen LogP contribution in [0.3, 0.4) is 0 Å². The first kappa shape index (κ1) is 25.4. The molecular weight excluding hydrogens is 457 g/mol. The summed E-state index contributed by atoms with van der Waals surface area (Å²) in [4.78, 5) is 23.5. The molecule has 0 unspecified atom stereocenters. The van der Waals surface area contributed by atoms with E-state index in [-0.39, 0.29) is 10.9 Å². The van der Waals surface area contributed by atoms with Crippen LogP contribution < -0.4 is 15.4 Å². The summed E-state index contributed by atoms with van der Waals surface area (Å²) in [6, 6.07) is 7.78. The van der Waals surface area contributed by atoms with Gasteiger partial charge in [0.2, 0.25) is 5.91 Å². The fourth-order valence-electron chi connectivity index (χ4n) is 3.40. The van der Waals surface area contributed by atoms with Crippen LogP contribution in [-0.4, -0.2) is 47.5 Å². The molecule has 0 fully saturated rings. The smallest absolute Gasteiger partial charge is 0.248 e. The molecular formula is C25H29ClFN5O2. The molecule has 0 bridgehead atoms. The van der Waals surface area contributed by atoms with E-state index in [9.17, 15) is 9.18 Å². The zero-order valence-corrected chi connectivity index (χ0v) is 20.3. The Balaban J connectivity index is 1.81. The van der Waals surface area contributed by atoms with Gasteiger partial charge in [-0.1, -0.05) is 37.9 Å². The molecule has 2 N–H and O–H groups in total. The van der Waals surface area contributed by atoms with E-state index in [0.29, 0.717) is 40.4 Å². The van der Waals surface area contributed by atoms with E-state index in [2.05, 4.69) is 39.3 Å². The van der Waals surface area contributed by atoms with Crippen molar-refractivity contribution >= 4 is 45.6 Å². The lowest BCUT2D eigenvalue weighted by molar-refractivity contribution is -0.111. The van der Waals surface area contributed by atoms with Crippen molar-refractivity contribution in [1.82, 2.24) is 14.9 Å². The number of unbranched alkanes of at least 4 members (excludes halogenated alkanes) is 1. The highest BCUT2D eigenvalue weighted by molar-refractivity contribution is 6.31. The number of hydrogen-bond acceptors (Lipinski definition) is 6. The van der Waals surface area contributed by atoms with Gasteiger partial charge in [-0.25, -0.2) is 14.4 Å². The number of rotatable bonds is 11. The van der Waals surface area contributed by atoms with Gasteiger partial charge in [0, 0.05) is 29.8 Å². The minimum atomic E-state index is -0.505. The van der Waals surface area contributed by atoms with Gasteiger partial charge >= 0.3 is 0 Å². The molecule has 9 heteroatoms. The molecule has 180 valence electrons. The van der Waals surface area contributed by atoms with Crippen molar-refractivity contribution in [1.29, 1.82) is 0 Å². The van der Waals surface area contributed by atoms with Crippen LogP contribution in [-0.2, 0) is 4.79 Å². The quantitative estimate of drug-likeness (QED) is 0.334. The number of aromatic nitrogens is 2. The molecule has 0 saturated heterocycles. The van der Waals surface area contributed by atoms with Crippen LogP contribution in [0, 0.1) is 5.82 Å². The second-order valence-electron chi connectivity index (χ2n) is 7.68. The first-order valence-corrected chi connectivity index (χ1v) is 11.6. The van der Waals surface area contributed by atoms with Crippen LogP contribution >= 0.6 is 11.6 Å². The lowest BCUT2D eigenvalue weighted by Gasteiger charge is -2.17. The van der Waals surface area contributed by atoms with Crippen LogP contribution in [0.2, 0.25) is 5.02 Å². The third-order valence-electron chi connectivity index (χ3n) is 5.30. The van der Waals surface area contributed by atoms with Gasteiger partial charge in [-0.3, -0.25) is 9.69 Å². The number of methoxy groups -OCH3 is 1. The zero-order valence-electron chi connectivity index (χ0n) is 19.6. The Morgan fingerprint density at radius 1 is 1.24 bits per heavy atom. The second-order valence-corrected chi connectivity index (χ2v) is 8.09. The Hall–Kier alpha value is -3.23. The summed E-state index contributed by atoms with van der Waals surface area (Å²) in [5.74, 6) is 0.189. The fraction of sp³-hybridized carbons (Fsp3) is 0.320. The Bertz CT molecular complexity index is 1170. The number of nitrogens with one attached hydrogen (secondary N) is 2. The predicted octanol–water partition coefficient (Wildman–Crippen LogP) is 5.79. The number of carbonyl (C=O) groups excluding carboxylic acids is 1. The molecule has 1 heterocycles. The van der Waals surface area contributed by atoms with Crippen molar-refractivity contribution in [2.45, 2.75) is 26.7 Å². The van der Waals surface area contributed by atoms with E-state index in [1.807, 2.05) is 6.08 Å². The third kappa shape index (κ3) is 6.65. The van der Waals surface area contributed by atoms with Gasteiger partial charge < -0.3 is 15.4 Å². The summed E-state index contributed by atoms with van der Waals surface area (Å²) in [6.45, 7) is 6.92. The maximum Gasteiger partial charge on any atom is 0.248 e. The van der Waals surface area contributed by atoms with Crippen LogP contribution in [0.1, 0.15) is 26.7 Å². The zero-order chi connectivity index (χ0) is 24.5. The normalized spacial score (nSPS) is 11.4. The SMILES string of the molecule is CCCCN(CC)C/C=C/C(=O)Nc1cc2c(Nc3ccc(F)c(Cl)c3)ncnc2cc1OC. The molecule has 0 saturated carbocycles. The van der Waals surface area contributed by atoms with E-state index in [0.717, 1.165) is 25.9 Å². The summed E-state index contributed by atoms with van der Waals surface area (Å²) in [7, 11) is 1.53. The van der Waals surface area contributed by atoms with Crippen molar-refractivity contribution in [3.63, 3.8) is 0 Å². The number of hydrogen-bond donors (Lipinski definition) is 2. The summed E-state index contributed by atoms with van der Waals surface area (Å²) in [6.07, 6.45) is 7.06. The van der Waals surface area contributed by atoms with E-state index < -0.39 is 5.82 Å². The number of benzene rings is 2. The Kier molecular flexibility index (Phi) is 9.18. The predicted molar refractivity (Wildman–Crippen MR) is 136 cm³/mol. The summed E-state index contributed by atoms with van der Waals surface area (Å²) in [5, 5.41) is 6.65. The largest absolute Gasteiger partial charge is 0.494 e. The summed E-state index contributed by atoms with van der Waals surface area (Å²) < 4.78 is 19.0. The minimum Gasteiger partial charge on any atom is -0.494 e.